The van der Waals surface area contributed by atoms with Crippen LogP contribution in [0.5, 0.6) is 11.5 Å². The van der Waals surface area contributed by atoms with E-state index in [4.69, 9.17) is 36.5 Å². The Morgan fingerprint density at radius 1 is 0.648 bits per heavy atom. The lowest BCUT2D eigenvalue weighted by Gasteiger charge is -2.16. The highest BCUT2D eigenvalue weighted by Gasteiger charge is 2.29. The van der Waals surface area contributed by atoms with Gasteiger partial charge in [-0.3, -0.25) is 28.1 Å². The number of imidazole rings is 2. The fraction of sp³-hybridized carbons (Fsp3) is 0.125. The Hall–Kier alpha value is -11.8. The summed E-state index contributed by atoms with van der Waals surface area (Å²) in [5, 5.41) is 30.7. The number of nitrogens with one attached hydrogen (secondary N) is 2. The molecule has 8 N–H and O–H groups in total. The van der Waals surface area contributed by atoms with E-state index in [-0.39, 0.29) is 33.5 Å². The van der Waals surface area contributed by atoms with E-state index < -0.39 is 23.1 Å². The molecule has 2 aliphatic carbocycles. The third-order valence-corrected chi connectivity index (χ3v) is 15.6. The number of fused-ring (bicyclic) bond motifs is 5. The molecule has 88 heavy (non-hydrogen) atoms. The number of aromatic hydroxyl groups is 2. The highest BCUT2D eigenvalue weighted by molar-refractivity contribution is 5.90. The standard InChI is InChI=1S/C32H23N9O4.C23H19N7.C9H10FNO2/c33-28-21(3-1-10-34-28)29-36-23-7-9-27(39-12-2-11-35-39)38-30(23)40(29)19-5-6-20-17(13-19)4-8-25(20)41-31(44)22-14-18(16-42)26(43)15-24(22)37-32(41)45;24-21-18(6-2-11-25-21)22-27-19-9-10-20(29-13-3-12-26-29)28-23(19)30(22)17-8-7-15-4-1-5-16(15)14-17;1-11-4-6-2-7(5-12)9(13)3-8(6)10/h1-3,5-7,9-16,25,43H,4,8H2,(H2,33,34)(H,37,45);2-3,6-14H,1,4-5H2,(H2,24,25);2-3,5,11,13H,4H2,1H3. The normalized spacial score (nSPS) is 13.2. The fourth-order valence-corrected chi connectivity index (χ4v) is 11.4. The summed E-state index contributed by atoms with van der Waals surface area (Å²) in [7, 11) is 1.67. The molecule has 0 saturated carbocycles. The Labute approximate surface area is 497 Å². The second-order valence-electron chi connectivity index (χ2n) is 20.9. The molecular formula is C64H52FN17O6. The van der Waals surface area contributed by atoms with Gasteiger partial charge in [0.1, 0.15) is 40.0 Å². The average molecular weight is 1170 g/mol. The molecule has 9 heterocycles. The summed E-state index contributed by atoms with van der Waals surface area (Å²) in [4.78, 5) is 79.4. The summed E-state index contributed by atoms with van der Waals surface area (Å²) in [6.07, 6.45) is 16.0. The molecule has 436 valence electrons. The molecule has 0 amide bonds. The van der Waals surface area contributed by atoms with Crippen LogP contribution in [0.1, 0.15) is 67.4 Å². The van der Waals surface area contributed by atoms with E-state index in [1.165, 1.54) is 40.3 Å². The molecule has 9 aromatic heterocycles. The highest BCUT2D eigenvalue weighted by Crippen LogP contribution is 2.38. The zero-order valence-corrected chi connectivity index (χ0v) is 46.9. The van der Waals surface area contributed by atoms with Gasteiger partial charge in [0.15, 0.2) is 47.2 Å². The lowest BCUT2D eigenvalue weighted by atomic mass is 10.1. The first-order chi connectivity index (χ1) is 42.9. The van der Waals surface area contributed by atoms with Gasteiger partial charge in [0.05, 0.1) is 39.2 Å². The third kappa shape index (κ3) is 10.1. The number of phenolic OH excluding ortho intramolecular Hbond substituents is 2. The van der Waals surface area contributed by atoms with Gasteiger partial charge in [0, 0.05) is 72.8 Å². The minimum absolute atomic E-state index is 0.0309. The Morgan fingerprint density at radius 2 is 1.23 bits per heavy atom. The lowest BCUT2D eigenvalue weighted by Crippen LogP contribution is -2.37. The number of carbonyl (C=O) groups excluding carboxylic acids is 2. The van der Waals surface area contributed by atoms with Gasteiger partial charge in [0.25, 0.3) is 5.56 Å². The lowest BCUT2D eigenvalue weighted by molar-refractivity contribution is 0.111. The predicted molar refractivity (Wildman–Crippen MR) is 328 cm³/mol. The summed E-state index contributed by atoms with van der Waals surface area (Å²) in [6.45, 7) is 0.326. The maximum Gasteiger partial charge on any atom is 0.329 e. The molecule has 23 nitrogen and oxygen atoms in total. The quantitative estimate of drug-likeness (QED) is 0.0666. The molecule has 0 saturated heterocycles. The molecule has 0 spiro atoms. The van der Waals surface area contributed by atoms with Gasteiger partial charge in [-0.15, -0.1) is 0 Å². The molecule has 24 heteroatoms. The minimum Gasteiger partial charge on any atom is -0.507 e. The van der Waals surface area contributed by atoms with Crippen LogP contribution in [0.25, 0.3) is 79.0 Å². The van der Waals surface area contributed by atoms with Gasteiger partial charge in [-0.1, -0.05) is 12.1 Å². The maximum absolute atomic E-state index is 13.6. The minimum atomic E-state index is -0.599. The number of hydrogen-bond acceptors (Lipinski definition) is 17. The van der Waals surface area contributed by atoms with Crippen LogP contribution in [0.3, 0.4) is 0 Å². The summed E-state index contributed by atoms with van der Waals surface area (Å²) >= 11 is 0. The number of H-pyrrole nitrogens is 1. The largest absolute Gasteiger partial charge is 0.507 e. The number of pyridine rings is 4. The van der Waals surface area contributed by atoms with Crippen LogP contribution in [0, 0.1) is 5.82 Å². The van der Waals surface area contributed by atoms with Crippen LogP contribution in [-0.4, -0.2) is 98.0 Å². The molecule has 13 aromatic rings. The summed E-state index contributed by atoms with van der Waals surface area (Å²) in [5.74, 6) is 2.26. The van der Waals surface area contributed by atoms with Crippen LogP contribution < -0.4 is 28.0 Å². The zero-order valence-electron chi connectivity index (χ0n) is 46.9. The second-order valence-corrected chi connectivity index (χ2v) is 20.9. The molecule has 1 atom stereocenters. The van der Waals surface area contributed by atoms with Gasteiger partial charge < -0.3 is 32.0 Å². The molecule has 2 aliphatic rings. The van der Waals surface area contributed by atoms with Crippen molar-refractivity contribution in [2.75, 3.05) is 18.5 Å². The van der Waals surface area contributed by atoms with Crippen molar-refractivity contribution in [2.45, 2.75) is 44.7 Å². The highest BCUT2D eigenvalue weighted by atomic mass is 19.1. The Kier molecular flexibility index (Phi) is 14.5. The number of aromatic amines is 1. The average Bonchev–Trinajstić information content (AvgIpc) is 2.00. The van der Waals surface area contributed by atoms with E-state index >= 15 is 0 Å². The van der Waals surface area contributed by atoms with Crippen molar-refractivity contribution in [3.8, 4) is 57.3 Å². The second kappa shape index (κ2) is 23.0. The van der Waals surface area contributed by atoms with E-state index in [9.17, 15) is 28.7 Å². The molecular weight excluding hydrogens is 1120 g/mol. The van der Waals surface area contributed by atoms with Crippen LogP contribution in [0.2, 0.25) is 0 Å². The Bertz CT molecular complexity index is 5000. The van der Waals surface area contributed by atoms with Crippen LogP contribution in [-0.2, 0) is 25.8 Å². The van der Waals surface area contributed by atoms with Crippen LogP contribution >= 0.6 is 0 Å². The number of rotatable bonds is 11. The smallest absolute Gasteiger partial charge is 0.329 e. The van der Waals surface area contributed by atoms with Crippen LogP contribution in [0.15, 0.2) is 168 Å². The number of aryl methyl sites for hydroxylation is 3. The van der Waals surface area contributed by atoms with E-state index in [1.807, 2.05) is 89.8 Å². The molecule has 0 bridgehead atoms. The first-order valence-electron chi connectivity index (χ1n) is 27.9. The number of anilines is 2. The SMILES string of the molecule is CNCc1cc(C=O)c(O)cc1F.Nc1ncccc1-c1nc2ccc(-n3cccn3)nc2n1-c1ccc2c(c1)CCC2.Nc1ncccc1-c1nc2ccc(-n3cccn3)nc2n1-c1ccc2c(c1)CCC2n1c(=O)[nH]c2cc(O)c(C=O)cc2c1=O. The van der Waals surface area contributed by atoms with Crippen molar-refractivity contribution in [2.24, 2.45) is 0 Å². The number of phenols is 2. The topological polar surface area (TPSA) is 316 Å². The fourth-order valence-electron chi connectivity index (χ4n) is 11.4. The molecule has 4 aromatic carbocycles. The molecule has 15 rings (SSSR count). The predicted octanol–water partition coefficient (Wildman–Crippen LogP) is 8.11. The van der Waals surface area contributed by atoms with E-state index in [1.54, 1.807) is 47.3 Å². The first-order valence-corrected chi connectivity index (χ1v) is 27.9. The Balaban J connectivity index is 0.000000142. The molecule has 0 fully saturated rings. The molecule has 1 unspecified atom stereocenters. The Morgan fingerprint density at radius 3 is 1.81 bits per heavy atom. The number of nitrogens with zero attached hydrogens (tertiary/aromatic N) is 13. The summed E-state index contributed by atoms with van der Waals surface area (Å²) in [6, 6.07) is 35.5. The van der Waals surface area contributed by atoms with Crippen molar-refractivity contribution in [3.63, 3.8) is 0 Å². The zero-order chi connectivity index (χ0) is 60.7. The van der Waals surface area contributed by atoms with Gasteiger partial charge in [-0.05, 0) is 158 Å². The van der Waals surface area contributed by atoms with Crippen molar-refractivity contribution in [1.82, 2.24) is 73.5 Å². The third-order valence-electron chi connectivity index (χ3n) is 15.6. The van der Waals surface area contributed by atoms with Crippen molar-refractivity contribution < 1.29 is 24.2 Å². The number of nitrogens with two attached hydrogens (primary N) is 2. The van der Waals surface area contributed by atoms with Gasteiger partial charge in [-0.25, -0.2) is 48.5 Å². The molecule has 0 radical (unpaired) electrons. The number of halogens is 1. The van der Waals surface area contributed by atoms with Gasteiger partial charge >= 0.3 is 5.69 Å². The monoisotopic (exact) mass is 1170 g/mol. The first kappa shape index (κ1) is 55.4. The summed E-state index contributed by atoms with van der Waals surface area (Å²) in [5.41, 5.74) is 22.6. The van der Waals surface area contributed by atoms with Crippen molar-refractivity contribution >= 4 is 57.4 Å². The number of aldehydes is 2. The number of benzene rings is 4. The van der Waals surface area contributed by atoms with E-state index in [0.717, 1.165) is 69.8 Å². The van der Waals surface area contributed by atoms with Gasteiger partial charge in [0.2, 0.25) is 0 Å². The van der Waals surface area contributed by atoms with Crippen LogP contribution in [0.4, 0.5) is 16.0 Å². The summed E-state index contributed by atoms with van der Waals surface area (Å²) < 4.78 is 21.6. The number of nitrogen functional groups attached to an aromatic ring is 2. The molecule has 0 aliphatic heterocycles. The van der Waals surface area contributed by atoms with E-state index in [2.05, 4.69) is 53.2 Å². The van der Waals surface area contributed by atoms with Crippen molar-refractivity contribution in [1.29, 1.82) is 0 Å². The maximum atomic E-state index is 13.6. The van der Waals surface area contributed by atoms with E-state index in [0.29, 0.717) is 77.5 Å². The van der Waals surface area contributed by atoms with Crippen molar-refractivity contribution in [3.05, 3.63) is 224 Å². The number of hydrogen-bond donors (Lipinski definition) is 6. The van der Waals surface area contributed by atoms with Gasteiger partial charge in [-0.2, -0.15) is 10.2 Å². The number of carbonyl (C=O) groups is 2. The number of aromatic nitrogens is 14.